The van der Waals surface area contributed by atoms with Crippen LogP contribution in [-0.2, 0) is 14.6 Å². The maximum atomic E-state index is 12.4. The summed E-state index contributed by atoms with van der Waals surface area (Å²) >= 11 is 0. The summed E-state index contributed by atoms with van der Waals surface area (Å²) < 4.78 is 19.2. The van der Waals surface area contributed by atoms with Crippen molar-refractivity contribution in [1.29, 1.82) is 0 Å². The fraction of sp³-hybridized carbons (Fsp3) is 0.345. The van der Waals surface area contributed by atoms with Crippen LogP contribution in [0.4, 0.5) is 0 Å². The lowest BCUT2D eigenvalue weighted by atomic mass is 10.1. The number of carbonyl (C=O) groups excluding carboxylic acids is 1. The molecule has 0 bridgehead atoms. The summed E-state index contributed by atoms with van der Waals surface area (Å²) in [6, 6.07) is 24.6. The third kappa shape index (κ3) is 4.24. The van der Waals surface area contributed by atoms with Gasteiger partial charge in [0.05, 0.1) is 19.6 Å². The SMILES string of the molecule is COC(=O)c1ccc(OC)c2nc(C3(CO[Si](c4ccccc4)(c4ccccc4)C(C)(C)C)CC3)nn12. The molecule has 0 atom stereocenters. The number of nitrogens with zero attached hydrogens (tertiary/aromatic N) is 3. The number of pyridine rings is 1. The van der Waals surface area contributed by atoms with Crippen molar-refractivity contribution < 1.29 is 18.7 Å². The van der Waals surface area contributed by atoms with Crippen LogP contribution < -0.4 is 15.1 Å². The first kappa shape index (κ1) is 25.2. The number of methoxy groups -OCH3 is 2. The maximum absolute atomic E-state index is 12.4. The van der Waals surface area contributed by atoms with E-state index in [0.717, 1.165) is 12.8 Å². The van der Waals surface area contributed by atoms with E-state index in [1.165, 1.54) is 22.0 Å². The van der Waals surface area contributed by atoms with E-state index in [-0.39, 0.29) is 10.5 Å². The van der Waals surface area contributed by atoms with Crippen LogP contribution in [0.15, 0.2) is 72.8 Å². The number of hydrogen-bond acceptors (Lipinski definition) is 6. The number of esters is 1. The zero-order valence-corrected chi connectivity index (χ0v) is 23.0. The van der Waals surface area contributed by atoms with Gasteiger partial charge in [0, 0.05) is 6.61 Å². The summed E-state index contributed by atoms with van der Waals surface area (Å²) in [5, 5.41) is 7.14. The van der Waals surface area contributed by atoms with Gasteiger partial charge in [-0.15, -0.1) is 5.10 Å². The molecule has 0 saturated heterocycles. The molecule has 37 heavy (non-hydrogen) atoms. The summed E-state index contributed by atoms with van der Waals surface area (Å²) in [7, 11) is 0.237. The third-order valence-corrected chi connectivity index (χ3v) is 12.4. The molecule has 0 radical (unpaired) electrons. The van der Waals surface area contributed by atoms with Crippen molar-refractivity contribution in [2.24, 2.45) is 0 Å². The van der Waals surface area contributed by atoms with E-state index in [4.69, 9.17) is 24.0 Å². The zero-order chi connectivity index (χ0) is 26.3. The van der Waals surface area contributed by atoms with Gasteiger partial charge in [0.15, 0.2) is 22.9 Å². The lowest BCUT2D eigenvalue weighted by Crippen LogP contribution is -2.67. The molecule has 2 heterocycles. The Morgan fingerprint density at radius 2 is 1.54 bits per heavy atom. The van der Waals surface area contributed by atoms with E-state index in [0.29, 0.717) is 29.5 Å². The molecule has 192 valence electrons. The number of fused-ring (bicyclic) bond motifs is 1. The molecule has 0 aliphatic heterocycles. The van der Waals surface area contributed by atoms with Crippen molar-refractivity contribution in [3.63, 3.8) is 0 Å². The molecule has 8 heteroatoms. The molecule has 0 N–H and O–H groups in total. The van der Waals surface area contributed by atoms with Gasteiger partial charge < -0.3 is 13.9 Å². The second-order valence-corrected chi connectivity index (χ2v) is 15.0. The quantitative estimate of drug-likeness (QED) is 0.259. The molecule has 1 saturated carbocycles. The van der Waals surface area contributed by atoms with Crippen LogP contribution in [0.25, 0.3) is 5.65 Å². The first-order valence-electron chi connectivity index (χ1n) is 12.5. The molecule has 5 rings (SSSR count). The van der Waals surface area contributed by atoms with E-state index in [9.17, 15) is 4.79 Å². The summed E-state index contributed by atoms with van der Waals surface area (Å²) in [5.41, 5.74) is 0.482. The molecule has 4 aromatic rings. The van der Waals surface area contributed by atoms with Gasteiger partial charge in [-0.3, -0.25) is 0 Å². The molecule has 0 amide bonds. The molecule has 0 spiro atoms. The Kier molecular flexibility index (Phi) is 6.41. The molecule has 2 aromatic heterocycles. The molecule has 1 aliphatic carbocycles. The van der Waals surface area contributed by atoms with E-state index in [1.807, 2.05) is 12.1 Å². The summed E-state index contributed by atoms with van der Waals surface area (Å²) in [4.78, 5) is 17.3. The lowest BCUT2D eigenvalue weighted by Gasteiger charge is -2.43. The largest absolute Gasteiger partial charge is 0.493 e. The van der Waals surface area contributed by atoms with Crippen molar-refractivity contribution in [1.82, 2.24) is 14.6 Å². The fourth-order valence-electron chi connectivity index (χ4n) is 5.17. The van der Waals surface area contributed by atoms with Gasteiger partial charge >= 0.3 is 5.97 Å². The van der Waals surface area contributed by atoms with Crippen molar-refractivity contribution >= 4 is 30.3 Å². The van der Waals surface area contributed by atoms with Gasteiger partial charge in [0.25, 0.3) is 8.32 Å². The summed E-state index contributed by atoms with van der Waals surface area (Å²) in [5.74, 6) is 0.743. The van der Waals surface area contributed by atoms with Gasteiger partial charge in [-0.1, -0.05) is 81.4 Å². The van der Waals surface area contributed by atoms with Crippen LogP contribution in [0.2, 0.25) is 5.04 Å². The molecule has 1 fully saturated rings. The smallest absolute Gasteiger partial charge is 0.356 e. The Bertz CT molecular complexity index is 1370. The minimum absolute atomic E-state index is 0.126. The molecule has 7 nitrogen and oxygen atoms in total. The minimum Gasteiger partial charge on any atom is -0.493 e. The van der Waals surface area contributed by atoms with Gasteiger partial charge in [-0.25, -0.2) is 14.3 Å². The number of hydrogen-bond donors (Lipinski definition) is 0. The zero-order valence-electron chi connectivity index (χ0n) is 22.0. The minimum atomic E-state index is -2.70. The van der Waals surface area contributed by atoms with E-state index in [1.54, 1.807) is 19.2 Å². The fourth-order valence-corrected chi connectivity index (χ4v) is 9.82. The van der Waals surface area contributed by atoms with Gasteiger partial charge in [0.1, 0.15) is 0 Å². The van der Waals surface area contributed by atoms with Crippen molar-refractivity contribution in [3.8, 4) is 5.75 Å². The number of rotatable bonds is 8. The normalized spacial score (nSPS) is 14.9. The van der Waals surface area contributed by atoms with Crippen molar-refractivity contribution in [2.75, 3.05) is 20.8 Å². The Morgan fingerprint density at radius 1 is 0.946 bits per heavy atom. The standard InChI is InChI=1S/C29H33N3O4Si/c1-28(2,3)37(21-12-8-6-9-13-21,22-14-10-7-11-15-22)36-20-29(18-19-29)27-30-25-24(34-4)17-16-23(26(33)35-5)32(25)31-27/h6-17H,18-20H2,1-5H3. The highest BCUT2D eigenvalue weighted by Gasteiger charge is 2.55. The van der Waals surface area contributed by atoms with E-state index in [2.05, 4.69) is 69.3 Å². The van der Waals surface area contributed by atoms with Crippen LogP contribution in [0, 0.1) is 0 Å². The molecular formula is C29H33N3O4Si. The van der Waals surface area contributed by atoms with Crippen LogP contribution >= 0.6 is 0 Å². The van der Waals surface area contributed by atoms with Crippen LogP contribution in [-0.4, -0.2) is 49.7 Å². The predicted octanol–water partition coefficient (Wildman–Crippen LogP) is 4.13. The number of carbonyl (C=O) groups is 1. The Balaban J connectivity index is 1.58. The van der Waals surface area contributed by atoms with Gasteiger partial charge in [-0.05, 0) is 40.4 Å². The van der Waals surface area contributed by atoms with Gasteiger partial charge in [0.2, 0.25) is 0 Å². The van der Waals surface area contributed by atoms with Crippen molar-refractivity contribution in [2.45, 2.75) is 44.1 Å². The Hall–Kier alpha value is -3.49. The number of benzene rings is 2. The lowest BCUT2D eigenvalue weighted by molar-refractivity contribution is 0.0590. The highest BCUT2D eigenvalue weighted by atomic mass is 28.4. The molecule has 2 aromatic carbocycles. The third-order valence-electron chi connectivity index (χ3n) is 7.37. The number of aromatic nitrogens is 3. The topological polar surface area (TPSA) is 75.0 Å². The number of ether oxygens (including phenoxy) is 2. The van der Waals surface area contributed by atoms with Gasteiger partial charge in [-0.2, -0.15) is 0 Å². The highest BCUT2D eigenvalue weighted by molar-refractivity contribution is 6.99. The molecule has 1 aliphatic rings. The Morgan fingerprint density at radius 3 is 2.03 bits per heavy atom. The van der Waals surface area contributed by atoms with E-state index >= 15 is 0 Å². The van der Waals surface area contributed by atoms with Crippen molar-refractivity contribution in [3.05, 3.63) is 84.3 Å². The average molecular weight is 516 g/mol. The second kappa shape index (κ2) is 9.43. The molecule has 0 unspecified atom stereocenters. The van der Waals surface area contributed by atoms with E-state index < -0.39 is 14.3 Å². The predicted molar refractivity (Wildman–Crippen MR) is 145 cm³/mol. The Labute approximate surface area is 218 Å². The summed E-state index contributed by atoms with van der Waals surface area (Å²) in [6.07, 6.45) is 1.83. The van der Waals surface area contributed by atoms with Crippen LogP contribution in [0.1, 0.15) is 49.9 Å². The molecular weight excluding hydrogens is 482 g/mol. The highest BCUT2D eigenvalue weighted by Crippen LogP contribution is 2.49. The maximum Gasteiger partial charge on any atom is 0.356 e. The van der Waals surface area contributed by atoms with Crippen LogP contribution in [0.5, 0.6) is 5.75 Å². The first-order chi connectivity index (χ1) is 17.8. The average Bonchev–Trinajstić information content (AvgIpc) is 3.57. The summed E-state index contributed by atoms with van der Waals surface area (Å²) in [6.45, 7) is 7.31. The van der Waals surface area contributed by atoms with Crippen LogP contribution in [0.3, 0.4) is 0 Å². The monoisotopic (exact) mass is 515 g/mol. The first-order valence-corrected chi connectivity index (χ1v) is 14.4. The second-order valence-electron chi connectivity index (χ2n) is 10.7.